The van der Waals surface area contributed by atoms with Gasteiger partial charge in [0.1, 0.15) is 5.75 Å². The summed E-state index contributed by atoms with van der Waals surface area (Å²) in [4.78, 5) is 8.14. The third-order valence-corrected chi connectivity index (χ3v) is 3.50. The van der Waals surface area contributed by atoms with E-state index in [2.05, 4.69) is 48.3 Å². The molecule has 1 aromatic heterocycles. The molecule has 0 aliphatic carbocycles. The number of hydrazine groups is 1. The molecule has 0 radical (unpaired) electrons. The summed E-state index contributed by atoms with van der Waals surface area (Å²) < 4.78 is 5.65. The van der Waals surface area contributed by atoms with Gasteiger partial charge in [-0.05, 0) is 29.5 Å². The van der Waals surface area contributed by atoms with Gasteiger partial charge in [0.25, 0.3) is 0 Å². The van der Waals surface area contributed by atoms with Crippen molar-refractivity contribution in [2.75, 3.05) is 5.43 Å². The standard InChI is InChI=1S/C15H20N4O/c1-4-15(2,3)11-5-7-12(8-6-11)20-14-10-17-9-13(18-14)19-16/h5-10H,4,16H2,1-3H3,(H,18,19). The topological polar surface area (TPSA) is 73.1 Å². The Morgan fingerprint density at radius 3 is 2.50 bits per heavy atom. The minimum atomic E-state index is 0.168. The molecule has 0 spiro atoms. The van der Waals surface area contributed by atoms with E-state index in [-0.39, 0.29) is 5.41 Å². The fourth-order valence-corrected chi connectivity index (χ4v) is 1.77. The first-order valence-corrected chi connectivity index (χ1v) is 6.62. The van der Waals surface area contributed by atoms with E-state index in [0.29, 0.717) is 11.7 Å². The van der Waals surface area contributed by atoms with E-state index >= 15 is 0 Å². The summed E-state index contributed by atoms with van der Waals surface area (Å²) in [5.74, 6) is 6.88. The summed E-state index contributed by atoms with van der Waals surface area (Å²) in [7, 11) is 0. The number of anilines is 1. The number of ether oxygens (including phenoxy) is 1. The van der Waals surface area contributed by atoms with Crippen molar-refractivity contribution < 1.29 is 4.74 Å². The molecule has 0 aliphatic heterocycles. The Hall–Kier alpha value is -2.14. The molecule has 106 valence electrons. The lowest BCUT2D eigenvalue weighted by molar-refractivity contribution is 0.458. The van der Waals surface area contributed by atoms with E-state index in [1.54, 1.807) is 6.20 Å². The summed E-state index contributed by atoms with van der Waals surface area (Å²) >= 11 is 0. The van der Waals surface area contributed by atoms with E-state index in [1.807, 2.05) is 12.1 Å². The van der Waals surface area contributed by atoms with Crippen molar-refractivity contribution in [1.82, 2.24) is 9.97 Å². The normalized spacial score (nSPS) is 11.2. The summed E-state index contributed by atoms with van der Waals surface area (Å²) in [5.41, 5.74) is 3.89. The number of nitrogens with one attached hydrogen (secondary N) is 1. The number of aromatic nitrogens is 2. The smallest absolute Gasteiger partial charge is 0.239 e. The van der Waals surface area contributed by atoms with Gasteiger partial charge in [0.15, 0.2) is 5.82 Å². The molecule has 0 atom stereocenters. The first-order chi connectivity index (χ1) is 9.55. The van der Waals surface area contributed by atoms with Gasteiger partial charge in [-0.25, -0.2) is 5.84 Å². The van der Waals surface area contributed by atoms with Crippen LogP contribution in [0.2, 0.25) is 0 Å². The van der Waals surface area contributed by atoms with Gasteiger partial charge in [-0.15, -0.1) is 0 Å². The lowest BCUT2D eigenvalue weighted by Crippen LogP contribution is -2.14. The molecular formula is C15H20N4O. The zero-order chi connectivity index (χ0) is 14.6. The van der Waals surface area contributed by atoms with E-state index < -0.39 is 0 Å². The zero-order valence-electron chi connectivity index (χ0n) is 12.1. The minimum absolute atomic E-state index is 0.168. The molecule has 3 N–H and O–H groups in total. The summed E-state index contributed by atoms with van der Waals surface area (Å²) in [6.07, 6.45) is 4.16. The van der Waals surface area contributed by atoms with E-state index in [0.717, 1.165) is 12.2 Å². The molecule has 0 fully saturated rings. The Kier molecular flexibility index (Phi) is 4.20. The molecule has 0 aliphatic rings. The fraction of sp³-hybridized carbons (Fsp3) is 0.333. The molecule has 2 rings (SSSR count). The van der Waals surface area contributed by atoms with Gasteiger partial charge in [0, 0.05) is 0 Å². The number of hydrogen-bond donors (Lipinski definition) is 2. The largest absolute Gasteiger partial charge is 0.437 e. The highest BCUT2D eigenvalue weighted by atomic mass is 16.5. The molecule has 1 heterocycles. The van der Waals surface area contributed by atoms with E-state index in [9.17, 15) is 0 Å². The molecule has 5 heteroatoms. The zero-order valence-corrected chi connectivity index (χ0v) is 12.1. The molecule has 0 saturated heterocycles. The molecule has 5 nitrogen and oxygen atoms in total. The van der Waals surface area contributed by atoms with Crippen LogP contribution in [0, 0.1) is 0 Å². The number of hydrogen-bond acceptors (Lipinski definition) is 5. The van der Waals surface area contributed by atoms with E-state index in [1.165, 1.54) is 11.8 Å². The van der Waals surface area contributed by atoms with Crippen LogP contribution in [0.25, 0.3) is 0 Å². The average Bonchev–Trinajstić information content (AvgIpc) is 2.48. The third-order valence-electron chi connectivity index (χ3n) is 3.50. The van der Waals surface area contributed by atoms with Gasteiger partial charge in [0.2, 0.25) is 5.88 Å². The number of rotatable bonds is 5. The lowest BCUT2D eigenvalue weighted by atomic mass is 9.82. The Bertz CT molecular complexity index is 566. The Labute approximate surface area is 119 Å². The van der Waals surface area contributed by atoms with Gasteiger partial charge in [0.05, 0.1) is 12.4 Å². The maximum absolute atomic E-state index is 5.65. The van der Waals surface area contributed by atoms with Crippen molar-refractivity contribution in [2.45, 2.75) is 32.6 Å². The SMILES string of the molecule is CCC(C)(C)c1ccc(Oc2cncc(NN)n2)cc1. The lowest BCUT2D eigenvalue weighted by Gasteiger charge is -2.23. The molecule has 0 saturated carbocycles. The summed E-state index contributed by atoms with van der Waals surface area (Å²) in [5, 5.41) is 0. The number of nitrogens with two attached hydrogens (primary N) is 1. The maximum Gasteiger partial charge on any atom is 0.239 e. The quantitative estimate of drug-likeness (QED) is 0.645. The highest BCUT2D eigenvalue weighted by Gasteiger charge is 2.17. The Morgan fingerprint density at radius 1 is 1.20 bits per heavy atom. The number of benzene rings is 1. The van der Waals surface area contributed by atoms with Crippen molar-refractivity contribution in [3.8, 4) is 11.6 Å². The second kappa shape index (κ2) is 5.88. The summed E-state index contributed by atoms with van der Waals surface area (Å²) in [6, 6.07) is 8.04. The van der Waals surface area contributed by atoms with Crippen LogP contribution in [0.15, 0.2) is 36.7 Å². The van der Waals surface area contributed by atoms with Crippen LogP contribution in [0.5, 0.6) is 11.6 Å². The monoisotopic (exact) mass is 272 g/mol. The predicted molar refractivity (Wildman–Crippen MR) is 79.7 cm³/mol. The number of nitrogens with zero attached hydrogens (tertiary/aromatic N) is 2. The first kappa shape index (κ1) is 14.3. The van der Waals surface area contributed by atoms with Crippen LogP contribution in [0.1, 0.15) is 32.8 Å². The van der Waals surface area contributed by atoms with E-state index in [4.69, 9.17) is 10.6 Å². The predicted octanol–water partition coefficient (Wildman–Crippen LogP) is 3.24. The van der Waals surface area contributed by atoms with Gasteiger partial charge in [-0.1, -0.05) is 32.9 Å². The van der Waals surface area contributed by atoms with Crippen molar-refractivity contribution in [2.24, 2.45) is 5.84 Å². The van der Waals surface area contributed by atoms with Crippen LogP contribution >= 0.6 is 0 Å². The average molecular weight is 272 g/mol. The number of nitrogen functional groups attached to an aromatic ring is 1. The van der Waals surface area contributed by atoms with Crippen LogP contribution in [0.3, 0.4) is 0 Å². The van der Waals surface area contributed by atoms with Crippen molar-refractivity contribution in [3.05, 3.63) is 42.2 Å². The molecule has 20 heavy (non-hydrogen) atoms. The first-order valence-electron chi connectivity index (χ1n) is 6.62. The van der Waals surface area contributed by atoms with Crippen LogP contribution in [-0.2, 0) is 5.41 Å². The van der Waals surface area contributed by atoms with Crippen molar-refractivity contribution in [1.29, 1.82) is 0 Å². The van der Waals surface area contributed by atoms with Gasteiger partial charge in [-0.2, -0.15) is 4.98 Å². The van der Waals surface area contributed by atoms with Crippen molar-refractivity contribution >= 4 is 5.82 Å². The second-order valence-corrected chi connectivity index (χ2v) is 5.25. The van der Waals surface area contributed by atoms with Gasteiger partial charge >= 0.3 is 0 Å². The summed E-state index contributed by atoms with van der Waals surface area (Å²) in [6.45, 7) is 6.64. The minimum Gasteiger partial charge on any atom is -0.437 e. The second-order valence-electron chi connectivity index (χ2n) is 5.25. The van der Waals surface area contributed by atoms with Crippen LogP contribution < -0.4 is 16.0 Å². The maximum atomic E-state index is 5.65. The van der Waals surface area contributed by atoms with Crippen molar-refractivity contribution in [3.63, 3.8) is 0 Å². The Morgan fingerprint density at radius 2 is 1.90 bits per heavy atom. The molecular weight excluding hydrogens is 252 g/mol. The highest BCUT2D eigenvalue weighted by molar-refractivity contribution is 5.35. The molecule has 0 unspecified atom stereocenters. The highest BCUT2D eigenvalue weighted by Crippen LogP contribution is 2.29. The Balaban J connectivity index is 2.14. The fourth-order valence-electron chi connectivity index (χ4n) is 1.77. The molecule has 2 aromatic rings. The molecule has 0 bridgehead atoms. The van der Waals surface area contributed by atoms with Crippen LogP contribution in [0.4, 0.5) is 5.82 Å². The van der Waals surface area contributed by atoms with Crippen LogP contribution in [-0.4, -0.2) is 9.97 Å². The van der Waals surface area contributed by atoms with Gasteiger partial charge in [-0.3, -0.25) is 4.98 Å². The third kappa shape index (κ3) is 3.24. The molecule has 1 aromatic carbocycles. The van der Waals surface area contributed by atoms with Gasteiger partial charge < -0.3 is 10.2 Å². The molecule has 0 amide bonds.